The third kappa shape index (κ3) is 6.00. The lowest BCUT2D eigenvalue weighted by atomic mass is 9.86. The Morgan fingerprint density at radius 3 is 1.27 bits per heavy atom. The van der Waals surface area contributed by atoms with E-state index in [9.17, 15) is 20.2 Å². The van der Waals surface area contributed by atoms with Gasteiger partial charge in [-0.1, -0.05) is 19.3 Å². The second kappa shape index (κ2) is 10.6. The van der Waals surface area contributed by atoms with Crippen LogP contribution in [0.4, 0.5) is 22.7 Å². The maximum atomic E-state index is 10.8. The van der Waals surface area contributed by atoms with Crippen LogP contribution in [0.25, 0.3) is 0 Å². The van der Waals surface area contributed by atoms with Crippen LogP contribution in [-0.2, 0) is 0 Å². The lowest BCUT2D eigenvalue weighted by molar-refractivity contribution is -0.385. The van der Waals surface area contributed by atoms with E-state index >= 15 is 0 Å². The Hall–Kier alpha value is -3.16. The van der Waals surface area contributed by atoms with E-state index in [0.29, 0.717) is 0 Å². The first kappa shape index (κ1) is 23.0. The van der Waals surface area contributed by atoms with Crippen molar-refractivity contribution in [1.29, 1.82) is 0 Å². The number of nitro groups is 2. The van der Waals surface area contributed by atoms with E-state index in [1.807, 2.05) is 24.3 Å². The summed E-state index contributed by atoms with van der Waals surface area (Å²) in [7, 11) is 0. The number of nitrogens with zero attached hydrogens (tertiary/aromatic N) is 4. The summed E-state index contributed by atoms with van der Waals surface area (Å²) in [5.41, 5.74) is 2.46. The van der Waals surface area contributed by atoms with Gasteiger partial charge in [-0.3, -0.25) is 20.2 Å². The van der Waals surface area contributed by atoms with Gasteiger partial charge in [-0.15, -0.1) is 0 Å². The van der Waals surface area contributed by atoms with Gasteiger partial charge in [0.1, 0.15) is 0 Å². The zero-order chi connectivity index (χ0) is 23.2. The highest BCUT2D eigenvalue weighted by atomic mass is 16.6. The molecule has 33 heavy (non-hydrogen) atoms. The van der Waals surface area contributed by atoms with Crippen LogP contribution in [0.15, 0.2) is 48.5 Å². The number of rotatable bonds is 8. The largest absolute Gasteiger partial charge is 0.372 e. The highest BCUT2D eigenvalue weighted by Gasteiger charge is 2.22. The van der Waals surface area contributed by atoms with E-state index in [-0.39, 0.29) is 21.2 Å². The van der Waals surface area contributed by atoms with Gasteiger partial charge in [0.15, 0.2) is 0 Å². The normalized spacial score (nSPS) is 17.8. The molecule has 2 aliphatic rings. The number of piperidine rings is 2. The molecule has 2 aromatic rings. The fourth-order valence-electron chi connectivity index (χ4n) is 5.23. The highest BCUT2D eigenvalue weighted by Crippen LogP contribution is 2.31. The molecular formula is C25H32N4O4. The molecule has 0 spiro atoms. The fourth-order valence-corrected chi connectivity index (χ4v) is 5.23. The number of non-ortho nitro benzene ring substituents is 2. The molecule has 8 nitrogen and oxygen atoms in total. The van der Waals surface area contributed by atoms with Crippen LogP contribution in [0, 0.1) is 32.1 Å². The fraction of sp³-hybridized carbons (Fsp3) is 0.520. The van der Waals surface area contributed by atoms with Crippen molar-refractivity contribution in [3.05, 3.63) is 68.8 Å². The molecule has 0 radical (unpaired) electrons. The molecular weight excluding hydrogens is 420 g/mol. The maximum Gasteiger partial charge on any atom is 0.269 e. The summed E-state index contributed by atoms with van der Waals surface area (Å²) >= 11 is 0. The number of anilines is 2. The van der Waals surface area contributed by atoms with Crippen LogP contribution in [0.3, 0.4) is 0 Å². The number of nitro benzene ring substituents is 2. The van der Waals surface area contributed by atoms with E-state index in [4.69, 9.17) is 0 Å². The average Bonchev–Trinajstić information content (AvgIpc) is 2.85. The Kier molecular flexibility index (Phi) is 7.42. The molecule has 0 aromatic heterocycles. The van der Waals surface area contributed by atoms with Gasteiger partial charge in [0.2, 0.25) is 0 Å². The van der Waals surface area contributed by atoms with Gasteiger partial charge in [-0.25, -0.2) is 0 Å². The van der Waals surface area contributed by atoms with Crippen molar-refractivity contribution in [1.82, 2.24) is 0 Å². The standard InChI is InChI=1S/C25H32N4O4/c30-28(31)24-8-4-22(5-9-24)26-16-12-20(13-17-26)2-1-3-21-14-18-27(19-15-21)23-6-10-25(11-7-23)29(32)33/h4-11,20-21H,1-3,12-19H2. The van der Waals surface area contributed by atoms with E-state index in [1.165, 1.54) is 44.9 Å². The molecule has 0 bridgehead atoms. The van der Waals surface area contributed by atoms with Crippen molar-refractivity contribution in [3.8, 4) is 0 Å². The third-order valence-corrected chi connectivity index (χ3v) is 7.31. The molecule has 4 rings (SSSR count). The Labute approximate surface area is 194 Å². The second-order valence-corrected chi connectivity index (χ2v) is 9.34. The average molecular weight is 453 g/mol. The molecule has 0 aliphatic carbocycles. The minimum absolute atomic E-state index is 0.146. The molecule has 0 atom stereocenters. The molecule has 2 heterocycles. The van der Waals surface area contributed by atoms with Crippen molar-refractivity contribution in [2.75, 3.05) is 36.0 Å². The Balaban J connectivity index is 1.13. The van der Waals surface area contributed by atoms with Crippen molar-refractivity contribution in [2.24, 2.45) is 11.8 Å². The van der Waals surface area contributed by atoms with E-state index in [2.05, 4.69) is 9.80 Å². The third-order valence-electron chi connectivity index (χ3n) is 7.31. The zero-order valence-electron chi connectivity index (χ0n) is 19.0. The zero-order valence-corrected chi connectivity index (χ0v) is 19.0. The smallest absolute Gasteiger partial charge is 0.269 e. The SMILES string of the molecule is O=[N+]([O-])c1ccc(N2CCC(CCCC3CCN(c4ccc([N+](=O)[O-])cc4)CC3)CC2)cc1. The van der Waals surface area contributed by atoms with Crippen LogP contribution < -0.4 is 9.80 Å². The quantitative estimate of drug-likeness (QED) is 0.371. The Bertz CT molecular complexity index is 854. The summed E-state index contributed by atoms with van der Waals surface area (Å²) in [5, 5.41) is 21.7. The molecule has 0 amide bonds. The maximum absolute atomic E-state index is 10.8. The van der Waals surface area contributed by atoms with Crippen LogP contribution in [0.1, 0.15) is 44.9 Å². The minimum atomic E-state index is -0.352. The first-order chi connectivity index (χ1) is 16.0. The molecule has 2 fully saturated rings. The van der Waals surface area contributed by atoms with Gasteiger partial charge in [0.25, 0.3) is 11.4 Å². The van der Waals surface area contributed by atoms with Crippen molar-refractivity contribution in [2.45, 2.75) is 44.9 Å². The predicted molar refractivity (Wildman–Crippen MR) is 130 cm³/mol. The van der Waals surface area contributed by atoms with Crippen molar-refractivity contribution < 1.29 is 9.85 Å². The predicted octanol–water partition coefficient (Wildman–Crippen LogP) is 5.81. The number of hydrogen-bond donors (Lipinski definition) is 0. The summed E-state index contributed by atoms with van der Waals surface area (Å²) in [4.78, 5) is 25.6. The van der Waals surface area contributed by atoms with Gasteiger partial charge in [-0.05, 0) is 61.8 Å². The topological polar surface area (TPSA) is 92.8 Å². The molecule has 0 saturated carbocycles. The number of hydrogen-bond acceptors (Lipinski definition) is 6. The molecule has 2 aliphatic heterocycles. The van der Waals surface area contributed by atoms with E-state index < -0.39 is 0 Å². The lowest BCUT2D eigenvalue weighted by Gasteiger charge is -2.35. The first-order valence-corrected chi connectivity index (χ1v) is 12.0. The summed E-state index contributed by atoms with van der Waals surface area (Å²) in [5.74, 6) is 1.55. The molecule has 0 N–H and O–H groups in total. The summed E-state index contributed by atoms with van der Waals surface area (Å²) in [6.07, 6.45) is 8.62. The molecule has 2 saturated heterocycles. The van der Waals surface area contributed by atoms with Gasteiger partial charge in [-0.2, -0.15) is 0 Å². The second-order valence-electron chi connectivity index (χ2n) is 9.34. The van der Waals surface area contributed by atoms with Gasteiger partial charge in [0, 0.05) is 61.8 Å². The number of benzene rings is 2. The lowest BCUT2D eigenvalue weighted by Crippen LogP contribution is -2.34. The first-order valence-electron chi connectivity index (χ1n) is 12.0. The van der Waals surface area contributed by atoms with Gasteiger partial charge in [0.05, 0.1) is 9.85 Å². The van der Waals surface area contributed by atoms with Crippen LogP contribution in [-0.4, -0.2) is 36.0 Å². The minimum Gasteiger partial charge on any atom is -0.372 e. The van der Waals surface area contributed by atoms with Crippen LogP contribution >= 0.6 is 0 Å². The molecule has 176 valence electrons. The summed E-state index contributed by atoms with van der Waals surface area (Å²) < 4.78 is 0. The van der Waals surface area contributed by atoms with Crippen molar-refractivity contribution >= 4 is 22.7 Å². The Morgan fingerprint density at radius 1 is 0.636 bits per heavy atom. The molecule has 2 aromatic carbocycles. The molecule has 0 unspecified atom stereocenters. The van der Waals surface area contributed by atoms with Crippen LogP contribution in [0.5, 0.6) is 0 Å². The highest BCUT2D eigenvalue weighted by molar-refractivity contribution is 5.52. The van der Waals surface area contributed by atoms with Crippen LogP contribution in [0.2, 0.25) is 0 Å². The van der Waals surface area contributed by atoms with E-state index in [1.54, 1.807) is 24.3 Å². The van der Waals surface area contributed by atoms with Gasteiger partial charge >= 0.3 is 0 Å². The monoisotopic (exact) mass is 452 g/mol. The molecule has 8 heteroatoms. The van der Waals surface area contributed by atoms with E-state index in [0.717, 1.165) is 49.4 Å². The summed E-state index contributed by atoms with van der Waals surface area (Å²) in [6.45, 7) is 4.10. The Morgan fingerprint density at radius 2 is 0.970 bits per heavy atom. The summed E-state index contributed by atoms with van der Waals surface area (Å²) in [6, 6.07) is 13.8. The van der Waals surface area contributed by atoms with Gasteiger partial charge < -0.3 is 9.80 Å². The van der Waals surface area contributed by atoms with Crippen molar-refractivity contribution in [3.63, 3.8) is 0 Å².